The Hall–Kier alpha value is -16.7. The van der Waals surface area contributed by atoms with E-state index in [1.165, 1.54) is 37.8 Å². The van der Waals surface area contributed by atoms with Gasteiger partial charge >= 0.3 is 0 Å². The molecule has 28 rings (SSSR count). The van der Waals surface area contributed by atoms with Gasteiger partial charge in [0.05, 0.1) is 133 Å². The fourth-order valence-electron chi connectivity index (χ4n) is 19.9. The Kier molecular flexibility index (Phi) is 13.2. The van der Waals surface area contributed by atoms with E-state index >= 15 is 0 Å². The van der Waals surface area contributed by atoms with E-state index < -0.39 is 0 Å². The molecule has 0 aliphatic carbocycles. The zero-order chi connectivity index (χ0) is 78.1. The number of benzene rings is 16. The summed E-state index contributed by atoms with van der Waals surface area (Å²) in [6.45, 7) is 0. The summed E-state index contributed by atoms with van der Waals surface area (Å²) in [5.74, 6) is 3.52. The largest absolute Gasteiger partial charge is 0.295 e. The lowest BCUT2D eigenvalue weighted by atomic mass is 10.1. The fraction of sp³-hybridized carbons (Fsp3) is 0. The molecule has 16 aromatic carbocycles. The van der Waals surface area contributed by atoms with E-state index in [1.54, 1.807) is 0 Å². The van der Waals surface area contributed by atoms with E-state index in [1.807, 2.05) is 6.07 Å². The van der Waals surface area contributed by atoms with Crippen LogP contribution in [0.2, 0.25) is 0 Å². The highest BCUT2D eigenvalue weighted by Gasteiger charge is 2.29. The van der Waals surface area contributed by atoms with Crippen molar-refractivity contribution in [3.63, 3.8) is 0 Å². The molecule has 0 amide bonds. The third kappa shape index (κ3) is 8.85. The highest BCUT2D eigenvalue weighted by molar-refractivity contribution is 6.24. The molecule has 0 spiro atoms. The van der Waals surface area contributed by atoms with Crippen LogP contribution in [0.3, 0.4) is 0 Å². The standard InChI is InChI=1S/2C52H32N8/c1-5-23-41-37(19-1)49-38-20-2-6-24-42(38)56(34-16-14-18-36(32-34)58-46-28-10-12-30-48(46)60-44-26-8-4-22-40(44)54-52(58)60)50(49)55(41)33-15-13-17-35(31-33)57-45-27-9-11-29-47(45)59-43-25-7-3-21-39(43)53-51(57)59;1-2-15-33(16-3-1)55-41-22-7-4-19-37(41)49-38-20-5-8-23-42(38)56(50(49)55)34-17-14-18-35(31-34)57-45-26-11-13-28-47(45)60-48-32-36(29-30-40(48)54-52(57)60)58-44-25-10-12-27-46(44)59-43-24-9-6-21-39(43)53-51(58)59/h2*1-32H. The maximum absolute atomic E-state index is 5.37. The van der Waals surface area contributed by atoms with Crippen molar-refractivity contribution in [3.05, 3.63) is 388 Å². The summed E-state index contributed by atoms with van der Waals surface area (Å²) in [6, 6.07) is 139. The fourth-order valence-corrected chi connectivity index (χ4v) is 19.9. The van der Waals surface area contributed by atoms with Gasteiger partial charge in [0, 0.05) is 55.1 Å². The lowest BCUT2D eigenvalue weighted by molar-refractivity contribution is 1.05. The minimum atomic E-state index is 0.857. The van der Waals surface area contributed by atoms with Crippen LogP contribution in [0, 0.1) is 0 Å². The number of aromatic nitrogens is 16. The van der Waals surface area contributed by atoms with Gasteiger partial charge in [0.2, 0.25) is 23.1 Å². The maximum atomic E-state index is 5.37. The Morgan fingerprint density at radius 3 is 0.692 bits per heavy atom. The molecule has 12 heterocycles. The molecular formula is C104H64N16. The van der Waals surface area contributed by atoms with Crippen molar-refractivity contribution in [1.82, 2.24) is 74.1 Å². The summed E-state index contributed by atoms with van der Waals surface area (Å²) >= 11 is 0. The van der Waals surface area contributed by atoms with Gasteiger partial charge in [-0.1, -0.05) is 194 Å². The molecule has 0 unspecified atom stereocenters. The Labute approximate surface area is 680 Å². The Balaban J connectivity index is 0.000000127. The monoisotopic (exact) mass is 1540 g/mol. The number of hydrogen-bond donors (Lipinski definition) is 0. The Morgan fingerprint density at radius 1 is 0.142 bits per heavy atom. The quantitative estimate of drug-likeness (QED) is 0.151. The second kappa shape index (κ2) is 24.4. The SMILES string of the molecule is c1cc(-n2c3ccccc3c3c4ccccc4n(-c4cccc(-n5c6ccccc6n6c7ccccc7nc56)c4)c32)cc(-n2c3ccccc3n3c4ccccc4nc23)c1.c1ccc(-n2c3ccccc3c3c4ccccc4n(-c4cccc(-n5c6ccccc6n6c7cc(-n8c9ccccc9n9c%10ccccc%10nc89)ccc7nc56)c4)c32)cc1. The number of rotatable bonds is 8. The third-order valence-electron chi connectivity index (χ3n) is 24.8. The zero-order valence-corrected chi connectivity index (χ0v) is 64.1. The zero-order valence-electron chi connectivity index (χ0n) is 64.1. The molecule has 12 aromatic heterocycles. The average molecular weight is 1540 g/mol. The van der Waals surface area contributed by atoms with Crippen LogP contribution < -0.4 is 0 Å². The van der Waals surface area contributed by atoms with Crippen molar-refractivity contribution < 1.29 is 0 Å². The molecule has 16 heteroatoms. The molecule has 0 saturated carbocycles. The summed E-state index contributed by atoms with van der Waals surface area (Å²) in [5.41, 5.74) is 32.4. The van der Waals surface area contributed by atoms with E-state index in [0.29, 0.717) is 0 Å². The molecule has 120 heavy (non-hydrogen) atoms. The number of hydrogen-bond acceptors (Lipinski definition) is 4. The van der Waals surface area contributed by atoms with Gasteiger partial charge in [0.15, 0.2) is 0 Å². The molecular weight excluding hydrogens is 1470 g/mol. The highest BCUT2D eigenvalue weighted by Crippen LogP contribution is 2.46. The molecule has 0 fully saturated rings. The number of para-hydroxylation sites is 19. The van der Waals surface area contributed by atoms with Crippen LogP contribution >= 0.6 is 0 Å². The first-order valence-corrected chi connectivity index (χ1v) is 40.6. The predicted molar refractivity (Wildman–Crippen MR) is 488 cm³/mol. The second-order valence-corrected chi connectivity index (χ2v) is 31.1. The molecule has 0 aliphatic rings. The van der Waals surface area contributed by atoms with Crippen LogP contribution in [0.4, 0.5) is 0 Å². The van der Waals surface area contributed by atoms with Gasteiger partial charge in [-0.05, 0) is 194 Å². The van der Waals surface area contributed by atoms with Crippen LogP contribution in [0.15, 0.2) is 388 Å². The molecule has 28 aromatic rings. The summed E-state index contributed by atoms with van der Waals surface area (Å²) in [6.07, 6.45) is 0. The summed E-state index contributed by atoms with van der Waals surface area (Å²) in [4.78, 5) is 20.9. The van der Waals surface area contributed by atoms with Crippen LogP contribution in [0.1, 0.15) is 0 Å². The first-order chi connectivity index (χ1) is 59.6. The lowest BCUT2D eigenvalue weighted by Crippen LogP contribution is -2.04. The Morgan fingerprint density at radius 2 is 0.367 bits per heavy atom. The van der Waals surface area contributed by atoms with Crippen molar-refractivity contribution >= 4 is 177 Å². The van der Waals surface area contributed by atoms with Gasteiger partial charge in [0.1, 0.15) is 11.3 Å². The normalized spacial score (nSPS) is 12.3. The van der Waals surface area contributed by atoms with Gasteiger partial charge < -0.3 is 0 Å². The number of fused-ring (bicyclic) bond motifs is 30. The van der Waals surface area contributed by atoms with Gasteiger partial charge in [-0.25, -0.2) is 19.9 Å². The topological polar surface area (TPSA) is 109 Å². The first-order valence-electron chi connectivity index (χ1n) is 40.6. The Bertz CT molecular complexity index is 8960. The van der Waals surface area contributed by atoms with Gasteiger partial charge in [-0.2, -0.15) is 0 Å². The minimum absolute atomic E-state index is 0.857. The molecule has 16 nitrogen and oxygen atoms in total. The molecule has 0 N–H and O–H groups in total. The van der Waals surface area contributed by atoms with E-state index in [4.69, 9.17) is 19.9 Å². The predicted octanol–water partition coefficient (Wildman–Crippen LogP) is 24.4. The van der Waals surface area contributed by atoms with Crippen molar-refractivity contribution in [2.75, 3.05) is 0 Å². The van der Waals surface area contributed by atoms with E-state index in [2.05, 4.69) is 436 Å². The number of imidazole rings is 8. The number of nitrogens with zero attached hydrogens (tertiary/aromatic N) is 16. The van der Waals surface area contributed by atoms with Crippen molar-refractivity contribution in [1.29, 1.82) is 0 Å². The van der Waals surface area contributed by atoms with E-state index in [9.17, 15) is 0 Å². The van der Waals surface area contributed by atoms with Crippen LogP contribution in [-0.2, 0) is 0 Å². The van der Waals surface area contributed by atoms with E-state index in [-0.39, 0.29) is 0 Å². The van der Waals surface area contributed by atoms with Gasteiger partial charge in [-0.15, -0.1) is 0 Å². The van der Waals surface area contributed by atoms with Gasteiger partial charge in [0.25, 0.3) is 0 Å². The molecule has 0 radical (unpaired) electrons. The molecule has 0 atom stereocenters. The first kappa shape index (κ1) is 64.6. The van der Waals surface area contributed by atoms with Crippen molar-refractivity contribution in [2.24, 2.45) is 0 Å². The van der Waals surface area contributed by atoms with Crippen molar-refractivity contribution in [3.8, 4) is 45.5 Å². The average Bonchev–Trinajstić information content (AvgIpc) is 1.53. The van der Waals surface area contributed by atoms with Gasteiger partial charge in [-0.3, -0.25) is 54.1 Å². The lowest BCUT2D eigenvalue weighted by Gasteiger charge is -2.15. The molecule has 0 bridgehead atoms. The molecule has 0 saturated heterocycles. The summed E-state index contributed by atoms with van der Waals surface area (Å²) in [5, 5.41) is 7.34. The van der Waals surface area contributed by atoms with E-state index in [0.717, 1.165) is 185 Å². The van der Waals surface area contributed by atoms with Crippen LogP contribution in [0.25, 0.3) is 223 Å². The summed E-state index contributed by atoms with van der Waals surface area (Å²) < 4.78 is 28.0. The van der Waals surface area contributed by atoms with Crippen molar-refractivity contribution in [2.45, 2.75) is 0 Å². The molecule has 0 aliphatic heterocycles. The van der Waals surface area contributed by atoms with Crippen LogP contribution in [-0.4, -0.2) is 74.1 Å². The van der Waals surface area contributed by atoms with Crippen LogP contribution in [0.5, 0.6) is 0 Å². The third-order valence-corrected chi connectivity index (χ3v) is 24.8. The highest BCUT2D eigenvalue weighted by atomic mass is 15.3. The minimum Gasteiger partial charge on any atom is -0.295 e. The maximum Gasteiger partial charge on any atom is 0.220 e. The molecule has 560 valence electrons. The summed E-state index contributed by atoms with van der Waals surface area (Å²) in [7, 11) is 0. The smallest absolute Gasteiger partial charge is 0.220 e. The second-order valence-electron chi connectivity index (χ2n) is 31.1.